The Morgan fingerprint density at radius 1 is 1.12 bits per heavy atom. The van der Waals surface area contributed by atoms with E-state index in [4.69, 9.17) is 4.52 Å². The predicted octanol–water partition coefficient (Wildman–Crippen LogP) is 2.91. The fourth-order valence-electron chi connectivity index (χ4n) is 2.74. The molecular formula is C18H14N6O2. The Labute approximate surface area is 147 Å². The smallest absolute Gasteiger partial charge is 0.257 e. The van der Waals surface area contributed by atoms with Crippen molar-refractivity contribution in [3.8, 4) is 11.5 Å². The third kappa shape index (κ3) is 2.61. The van der Waals surface area contributed by atoms with E-state index in [0.29, 0.717) is 28.8 Å². The number of carbonyl (C=O) groups excluding carboxylic acids is 1. The number of nitrogens with zero attached hydrogens (tertiary/aromatic N) is 5. The minimum Gasteiger partial charge on any atom is -0.334 e. The number of fused-ring (bicyclic) bond motifs is 1. The molecule has 8 heteroatoms. The van der Waals surface area contributed by atoms with Crippen LogP contribution in [0.3, 0.4) is 0 Å². The number of carbonyl (C=O) groups is 1. The van der Waals surface area contributed by atoms with E-state index in [1.54, 1.807) is 53.3 Å². The number of hydrogen-bond acceptors (Lipinski definition) is 6. The van der Waals surface area contributed by atoms with Gasteiger partial charge in [-0.15, -0.1) is 0 Å². The molecule has 0 aliphatic heterocycles. The molecule has 4 aromatic rings. The molecule has 8 nitrogen and oxygen atoms in total. The summed E-state index contributed by atoms with van der Waals surface area (Å²) in [6.07, 6.45) is 5.50. The Balaban J connectivity index is 1.36. The first kappa shape index (κ1) is 14.8. The second kappa shape index (κ2) is 5.76. The molecule has 0 spiro atoms. The molecule has 3 aromatic heterocycles. The second-order valence-electron chi connectivity index (χ2n) is 6.19. The van der Waals surface area contributed by atoms with Gasteiger partial charge in [-0.1, -0.05) is 5.16 Å². The lowest BCUT2D eigenvalue weighted by Crippen LogP contribution is -2.14. The Morgan fingerprint density at radius 2 is 1.96 bits per heavy atom. The van der Waals surface area contributed by atoms with Crippen molar-refractivity contribution >= 4 is 17.4 Å². The van der Waals surface area contributed by atoms with Crippen molar-refractivity contribution < 1.29 is 9.32 Å². The standard InChI is InChI=1S/C18H14N6O2/c25-17(21-15-7-9-19-14-8-10-20-24(14)15)12-3-5-13(6-4-12)18-22-16(23-26-18)11-1-2-11/h3-11H,1-2H2,(H,21,25). The van der Waals surface area contributed by atoms with Gasteiger partial charge in [0.1, 0.15) is 5.82 Å². The quantitative estimate of drug-likeness (QED) is 0.610. The molecule has 128 valence electrons. The van der Waals surface area contributed by atoms with Crippen molar-refractivity contribution in [2.24, 2.45) is 0 Å². The van der Waals surface area contributed by atoms with Gasteiger partial charge in [-0.3, -0.25) is 4.79 Å². The highest BCUT2D eigenvalue weighted by atomic mass is 16.5. The molecule has 26 heavy (non-hydrogen) atoms. The molecule has 0 saturated heterocycles. The number of amides is 1. The van der Waals surface area contributed by atoms with E-state index in [1.165, 1.54) is 0 Å². The SMILES string of the molecule is O=C(Nc1ccnc2ccnn12)c1ccc(-c2nc(C3CC3)no2)cc1. The van der Waals surface area contributed by atoms with Gasteiger partial charge in [0.25, 0.3) is 11.8 Å². The summed E-state index contributed by atoms with van der Waals surface area (Å²) in [6, 6.07) is 10.5. The highest BCUT2D eigenvalue weighted by Gasteiger charge is 2.29. The zero-order valence-corrected chi connectivity index (χ0v) is 13.7. The van der Waals surface area contributed by atoms with Gasteiger partial charge in [0.2, 0.25) is 0 Å². The van der Waals surface area contributed by atoms with Crippen molar-refractivity contribution in [1.82, 2.24) is 24.7 Å². The normalized spacial score (nSPS) is 13.8. The van der Waals surface area contributed by atoms with Crippen LogP contribution >= 0.6 is 0 Å². The van der Waals surface area contributed by atoms with Crippen LogP contribution in [0.15, 0.2) is 53.3 Å². The molecule has 5 rings (SSSR count). The topological polar surface area (TPSA) is 98.2 Å². The first-order chi connectivity index (χ1) is 12.8. The molecule has 1 aliphatic rings. The molecule has 0 radical (unpaired) electrons. The van der Waals surface area contributed by atoms with Crippen molar-refractivity contribution in [2.45, 2.75) is 18.8 Å². The third-order valence-electron chi connectivity index (χ3n) is 4.31. The zero-order valence-electron chi connectivity index (χ0n) is 13.7. The average molecular weight is 346 g/mol. The monoisotopic (exact) mass is 346 g/mol. The van der Waals surface area contributed by atoms with Crippen LogP contribution in [0.25, 0.3) is 17.1 Å². The van der Waals surface area contributed by atoms with Crippen LogP contribution in [0.2, 0.25) is 0 Å². The summed E-state index contributed by atoms with van der Waals surface area (Å²) in [6.45, 7) is 0. The van der Waals surface area contributed by atoms with Crippen LogP contribution in [0.4, 0.5) is 5.82 Å². The largest absolute Gasteiger partial charge is 0.334 e. The van der Waals surface area contributed by atoms with Gasteiger partial charge in [0.05, 0.1) is 6.20 Å². The minimum atomic E-state index is -0.233. The van der Waals surface area contributed by atoms with Crippen LogP contribution in [0.1, 0.15) is 34.9 Å². The number of anilines is 1. The van der Waals surface area contributed by atoms with Gasteiger partial charge < -0.3 is 9.84 Å². The first-order valence-electron chi connectivity index (χ1n) is 8.32. The summed E-state index contributed by atoms with van der Waals surface area (Å²) in [5.74, 6) is 2.01. The van der Waals surface area contributed by atoms with Crippen molar-refractivity contribution in [2.75, 3.05) is 5.32 Å². The highest BCUT2D eigenvalue weighted by Crippen LogP contribution is 2.38. The molecule has 0 unspecified atom stereocenters. The molecule has 1 saturated carbocycles. The van der Waals surface area contributed by atoms with Crippen molar-refractivity contribution in [3.05, 3.63) is 60.2 Å². The Morgan fingerprint density at radius 3 is 2.77 bits per heavy atom. The maximum atomic E-state index is 12.5. The highest BCUT2D eigenvalue weighted by molar-refractivity contribution is 6.04. The lowest BCUT2D eigenvalue weighted by Gasteiger charge is -2.07. The van der Waals surface area contributed by atoms with E-state index in [-0.39, 0.29) is 5.91 Å². The summed E-state index contributed by atoms with van der Waals surface area (Å²) in [7, 11) is 0. The van der Waals surface area contributed by atoms with Crippen LogP contribution in [-0.4, -0.2) is 30.6 Å². The predicted molar refractivity (Wildman–Crippen MR) is 92.6 cm³/mol. The fraction of sp³-hybridized carbons (Fsp3) is 0.167. The minimum absolute atomic E-state index is 0.233. The lowest BCUT2D eigenvalue weighted by molar-refractivity contribution is 0.102. The van der Waals surface area contributed by atoms with Gasteiger partial charge >= 0.3 is 0 Å². The molecular weight excluding hydrogens is 332 g/mol. The van der Waals surface area contributed by atoms with E-state index in [2.05, 4.69) is 25.5 Å². The van der Waals surface area contributed by atoms with E-state index >= 15 is 0 Å². The van der Waals surface area contributed by atoms with Gasteiger partial charge in [0, 0.05) is 29.3 Å². The lowest BCUT2D eigenvalue weighted by atomic mass is 10.1. The molecule has 1 aliphatic carbocycles. The average Bonchev–Trinajstić information content (AvgIpc) is 3.20. The Kier molecular flexibility index (Phi) is 3.27. The third-order valence-corrected chi connectivity index (χ3v) is 4.31. The van der Waals surface area contributed by atoms with E-state index in [9.17, 15) is 4.79 Å². The van der Waals surface area contributed by atoms with E-state index in [1.807, 2.05) is 0 Å². The number of benzene rings is 1. The number of rotatable bonds is 4. The fourth-order valence-corrected chi connectivity index (χ4v) is 2.74. The molecule has 1 aromatic carbocycles. The summed E-state index contributed by atoms with van der Waals surface area (Å²) in [4.78, 5) is 21.1. The Bertz CT molecular complexity index is 1090. The van der Waals surface area contributed by atoms with Crippen molar-refractivity contribution in [1.29, 1.82) is 0 Å². The molecule has 0 atom stereocenters. The van der Waals surface area contributed by atoms with Crippen LogP contribution in [0, 0.1) is 0 Å². The maximum Gasteiger partial charge on any atom is 0.257 e. The van der Waals surface area contributed by atoms with Crippen LogP contribution in [0.5, 0.6) is 0 Å². The second-order valence-corrected chi connectivity index (χ2v) is 6.19. The maximum absolute atomic E-state index is 12.5. The summed E-state index contributed by atoms with van der Waals surface area (Å²) in [5.41, 5.74) is 1.98. The molecule has 1 N–H and O–H groups in total. The van der Waals surface area contributed by atoms with E-state index < -0.39 is 0 Å². The summed E-state index contributed by atoms with van der Waals surface area (Å²) >= 11 is 0. The van der Waals surface area contributed by atoms with E-state index in [0.717, 1.165) is 24.2 Å². The van der Waals surface area contributed by atoms with Gasteiger partial charge in [-0.25, -0.2) is 4.98 Å². The van der Waals surface area contributed by atoms with Gasteiger partial charge in [-0.2, -0.15) is 14.6 Å². The Hall–Kier alpha value is -3.55. The van der Waals surface area contributed by atoms with Crippen LogP contribution in [-0.2, 0) is 0 Å². The molecule has 1 fully saturated rings. The zero-order chi connectivity index (χ0) is 17.5. The molecule has 1 amide bonds. The molecule has 3 heterocycles. The van der Waals surface area contributed by atoms with Gasteiger partial charge in [0.15, 0.2) is 11.5 Å². The summed E-state index contributed by atoms with van der Waals surface area (Å²) in [5, 5.41) is 11.0. The summed E-state index contributed by atoms with van der Waals surface area (Å²) < 4.78 is 6.88. The van der Waals surface area contributed by atoms with Crippen LogP contribution < -0.4 is 5.32 Å². The number of nitrogens with one attached hydrogen (secondary N) is 1. The van der Waals surface area contributed by atoms with Crippen molar-refractivity contribution in [3.63, 3.8) is 0 Å². The number of hydrogen-bond donors (Lipinski definition) is 1. The molecule has 0 bridgehead atoms. The first-order valence-corrected chi connectivity index (χ1v) is 8.32. The number of aromatic nitrogens is 5. The van der Waals surface area contributed by atoms with Gasteiger partial charge in [-0.05, 0) is 43.2 Å².